The molecule has 1 aliphatic rings. The first-order valence-corrected chi connectivity index (χ1v) is 7.29. The first kappa shape index (κ1) is 14.8. The molecule has 0 aromatic carbocycles. The molecule has 20 heavy (non-hydrogen) atoms. The molecule has 0 aliphatic heterocycles. The number of ether oxygens (including phenoxy) is 1. The Kier molecular flexibility index (Phi) is 4.31. The zero-order valence-electron chi connectivity index (χ0n) is 12.8. The minimum Gasteiger partial charge on any atom is -0.444 e. The SMILES string of the molecule is CC(CNC(=O)OC(C)(C)C)c1cccc(C2CC2)n1. The molecule has 1 aliphatic carbocycles. The summed E-state index contributed by atoms with van der Waals surface area (Å²) in [5, 5.41) is 2.80. The molecule has 0 radical (unpaired) electrons. The Labute approximate surface area is 120 Å². The molecule has 1 heterocycles. The summed E-state index contributed by atoms with van der Waals surface area (Å²) in [5.41, 5.74) is 1.76. The van der Waals surface area contributed by atoms with Crippen molar-refractivity contribution < 1.29 is 9.53 Å². The van der Waals surface area contributed by atoms with Crippen molar-refractivity contribution in [2.75, 3.05) is 6.54 Å². The molecule has 110 valence electrons. The van der Waals surface area contributed by atoms with Crippen LogP contribution in [0.1, 0.15) is 63.8 Å². The van der Waals surface area contributed by atoms with Crippen molar-refractivity contribution in [3.8, 4) is 0 Å². The quantitative estimate of drug-likeness (QED) is 0.914. The summed E-state index contributed by atoms with van der Waals surface area (Å²) in [5.74, 6) is 0.835. The normalized spacial score (nSPS) is 16.6. The van der Waals surface area contributed by atoms with Gasteiger partial charge in [0.1, 0.15) is 5.60 Å². The summed E-state index contributed by atoms with van der Waals surface area (Å²) < 4.78 is 5.23. The van der Waals surface area contributed by atoms with E-state index in [2.05, 4.69) is 24.4 Å². The molecule has 4 nitrogen and oxygen atoms in total. The molecule has 1 atom stereocenters. The molecular formula is C16H24N2O2. The Morgan fingerprint density at radius 2 is 2.15 bits per heavy atom. The second kappa shape index (κ2) is 5.81. The summed E-state index contributed by atoms with van der Waals surface area (Å²) in [6.45, 7) is 8.18. The van der Waals surface area contributed by atoms with E-state index in [0.29, 0.717) is 12.5 Å². The highest BCUT2D eigenvalue weighted by atomic mass is 16.6. The van der Waals surface area contributed by atoms with Gasteiger partial charge in [-0.05, 0) is 45.7 Å². The standard InChI is InChI=1S/C16H24N2O2/c1-11(10-17-15(19)20-16(2,3)4)13-6-5-7-14(18-13)12-8-9-12/h5-7,11-12H,8-10H2,1-4H3,(H,17,19). The van der Waals surface area contributed by atoms with Gasteiger partial charge in [-0.3, -0.25) is 4.98 Å². The zero-order chi connectivity index (χ0) is 14.8. The number of nitrogens with one attached hydrogen (secondary N) is 1. The van der Waals surface area contributed by atoms with Crippen LogP contribution >= 0.6 is 0 Å². The predicted molar refractivity (Wildman–Crippen MR) is 78.9 cm³/mol. The van der Waals surface area contributed by atoms with Crippen LogP contribution in [-0.2, 0) is 4.74 Å². The van der Waals surface area contributed by atoms with Gasteiger partial charge in [-0.2, -0.15) is 0 Å². The molecule has 0 bridgehead atoms. The van der Waals surface area contributed by atoms with Crippen LogP contribution in [0.15, 0.2) is 18.2 Å². The number of hydrogen-bond donors (Lipinski definition) is 1. The van der Waals surface area contributed by atoms with E-state index in [9.17, 15) is 4.79 Å². The third-order valence-corrected chi connectivity index (χ3v) is 3.24. The average Bonchev–Trinajstić information content (AvgIpc) is 3.18. The van der Waals surface area contributed by atoms with Crippen LogP contribution in [-0.4, -0.2) is 23.2 Å². The van der Waals surface area contributed by atoms with Crippen molar-refractivity contribution in [3.05, 3.63) is 29.6 Å². The molecule has 1 fully saturated rings. The highest BCUT2D eigenvalue weighted by Gasteiger charge is 2.25. The molecule has 2 rings (SSSR count). The van der Waals surface area contributed by atoms with Crippen molar-refractivity contribution in [2.45, 2.75) is 58.0 Å². The van der Waals surface area contributed by atoms with Crippen LogP contribution in [0, 0.1) is 0 Å². The van der Waals surface area contributed by atoms with Gasteiger partial charge < -0.3 is 10.1 Å². The van der Waals surface area contributed by atoms with Crippen molar-refractivity contribution in [3.63, 3.8) is 0 Å². The molecule has 1 unspecified atom stereocenters. The smallest absolute Gasteiger partial charge is 0.407 e. The average molecular weight is 276 g/mol. The fourth-order valence-corrected chi connectivity index (χ4v) is 2.00. The lowest BCUT2D eigenvalue weighted by atomic mass is 10.1. The third kappa shape index (κ3) is 4.51. The number of hydrogen-bond acceptors (Lipinski definition) is 3. The molecule has 1 aromatic rings. The van der Waals surface area contributed by atoms with Crippen molar-refractivity contribution in [1.82, 2.24) is 10.3 Å². The molecule has 1 aromatic heterocycles. The number of nitrogens with zero attached hydrogens (tertiary/aromatic N) is 1. The van der Waals surface area contributed by atoms with E-state index in [1.165, 1.54) is 18.5 Å². The van der Waals surface area contributed by atoms with Crippen LogP contribution in [0.5, 0.6) is 0 Å². The van der Waals surface area contributed by atoms with Gasteiger partial charge in [-0.25, -0.2) is 4.79 Å². The third-order valence-electron chi connectivity index (χ3n) is 3.24. The lowest BCUT2D eigenvalue weighted by molar-refractivity contribution is 0.0525. The van der Waals surface area contributed by atoms with E-state index in [1.807, 2.05) is 26.8 Å². The van der Waals surface area contributed by atoms with Gasteiger partial charge in [-0.1, -0.05) is 13.0 Å². The number of carbonyl (C=O) groups is 1. The van der Waals surface area contributed by atoms with Crippen LogP contribution in [0.4, 0.5) is 4.79 Å². The second-order valence-electron chi connectivity index (χ2n) is 6.55. The summed E-state index contributed by atoms with van der Waals surface area (Å²) in [6.07, 6.45) is 2.13. The highest BCUT2D eigenvalue weighted by molar-refractivity contribution is 5.67. The summed E-state index contributed by atoms with van der Waals surface area (Å²) in [6, 6.07) is 6.17. The topological polar surface area (TPSA) is 51.2 Å². The number of alkyl carbamates (subject to hydrolysis) is 1. The molecule has 1 amide bonds. The molecule has 1 saturated carbocycles. The monoisotopic (exact) mass is 276 g/mol. The second-order valence-corrected chi connectivity index (χ2v) is 6.55. The van der Waals surface area contributed by atoms with E-state index >= 15 is 0 Å². The number of aromatic nitrogens is 1. The first-order valence-electron chi connectivity index (χ1n) is 7.29. The van der Waals surface area contributed by atoms with E-state index in [-0.39, 0.29) is 12.0 Å². The number of pyridine rings is 1. The van der Waals surface area contributed by atoms with Gasteiger partial charge >= 0.3 is 6.09 Å². The summed E-state index contributed by atoms with van der Waals surface area (Å²) >= 11 is 0. The van der Waals surface area contributed by atoms with Crippen molar-refractivity contribution >= 4 is 6.09 Å². The fraction of sp³-hybridized carbons (Fsp3) is 0.625. The molecular weight excluding hydrogens is 252 g/mol. The molecule has 1 N–H and O–H groups in total. The minimum absolute atomic E-state index is 0.182. The van der Waals surface area contributed by atoms with Crippen LogP contribution in [0.25, 0.3) is 0 Å². The number of amides is 1. The molecule has 0 saturated heterocycles. The lowest BCUT2D eigenvalue weighted by Crippen LogP contribution is -2.34. The van der Waals surface area contributed by atoms with Crippen molar-refractivity contribution in [1.29, 1.82) is 0 Å². The van der Waals surface area contributed by atoms with Gasteiger partial charge in [0.25, 0.3) is 0 Å². The highest BCUT2D eigenvalue weighted by Crippen LogP contribution is 2.39. The summed E-state index contributed by atoms with van der Waals surface area (Å²) in [4.78, 5) is 16.3. The Balaban J connectivity index is 1.86. The van der Waals surface area contributed by atoms with Crippen molar-refractivity contribution in [2.24, 2.45) is 0 Å². The van der Waals surface area contributed by atoms with Gasteiger partial charge in [0, 0.05) is 29.8 Å². The lowest BCUT2D eigenvalue weighted by Gasteiger charge is -2.20. The minimum atomic E-state index is -0.461. The van der Waals surface area contributed by atoms with Gasteiger partial charge in [0.2, 0.25) is 0 Å². The Morgan fingerprint density at radius 3 is 2.75 bits per heavy atom. The van der Waals surface area contributed by atoms with Crippen LogP contribution in [0.3, 0.4) is 0 Å². The van der Waals surface area contributed by atoms with Gasteiger partial charge in [-0.15, -0.1) is 0 Å². The Hall–Kier alpha value is -1.58. The maximum absolute atomic E-state index is 11.6. The number of carbonyl (C=O) groups excluding carboxylic acids is 1. The summed E-state index contributed by atoms with van der Waals surface area (Å²) in [7, 11) is 0. The van der Waals surface area contributed by atoms with Gasteiger partial charge in [0.15, 0.2) is 0 Å². The van der Waals surface area contributed by atoms with Crippen LogP contribution < -0.4 is 5.32 Å². The molecule has 4 heteroatoms. The van der Waals surface area contributed by atoms with Crippen LogP contribution in [0.2, 0.25) is 0 Å². The van der Waals surface area contributed by atoms with E-state index < -0.39 is 5.60 Å². The largest absolute Gasteiger partial charge is 0.444 e. The first-order chi connectivity index (χ1) is 9.35. The van der Waals surface area contributed by atoms with E-state index in [1.54, 1.807) is 0 Å². The maximum Gasteiger partial charge on any atom is 0.407 e. The zero-order valence-corrected chi connectivity index (χ0v) is 12.8. The predicted octanol–water partition coefficient (Wildman–Crippen LogP) is 3.59. The van der Waals surface area contributed by atoms with Gasteiger partial charge in [0.05, 0.1) is 0 Å². The Morgan fingerprint density at radius 1 is 1.45 bits per heavy atom. The number of rotatable bonds is 4. The molecule has 0 spiro atoms. The van der Waals surface area contributed by atoms with E-state index in [4.69, 9.17) is 9.72 Å². The maximum atomic E-state index is 11.6. The fourth-order valence-electron chi connectivity index (χ4n) is 2.00. The Bertz CT molecular complexity index is 476. The van der Waals surface area contributed by atoms with E-state index in [0.717, 1.165) is 5.69 Å².